The van der Waals surface area contributed by atoms with Gasteiger partial charge in [0.1, 0.15) is 0 Å². The highest BCUT2D eigenvalue weighted by Crippen LogP contribution is 2.27. The summed E-state index contributed by atoms with van der Waals surface area (Å²) in [5.41, 5.74) is 1.22. The van der Waals surface area contributed by atoms with Crippen molar-refractivity contribution in [2.45, 2.75) is 24.2 Å². The van der Waals surface area contributed by atoms with E-state index in [9.17, 15) is 0 Å². The highest BCUT2D eigenvalue weighted by atomic mass is 32.2. The molecule has 1 unspecified atom stereocenters. The first kappa shape index (κ1) is 10.6. The maximum Gasteiger partial charge on any atom is 0.168 e. The van der Waals surface area contributed by atoms with Crippen LogP contribution in [0.5, 0.6) is 0 Å². The maximum atomic E-state index is 4.73. The van der Waals surface area contributed by atoms with Crippen LogP contribution in [-0.4, -0.2) is 46.9 Å². The lowest BCUT2D eigenvalue weighted by atomic mass is 10.2. The Kier molecular flexibility index (Phi) is 2.91. The fourth-order valence-corrected chi connectivity index (χ4v) is 3.34. The second-order valence-electron chi connectivity index (χ2n) is 4.61. The summed E-state index contributed by atoms with van der Waals surface area (Å²) in [6.07, 6.45) is 3.46. The Bertz CT molecular complexity index is 355. The van der Waals surface area contributed by atoms with Gasteiger partial charge in [0.15, 0.2) is 5.16 Å². The van der Waals surface area contributed by atoms with Gasteiger partial charge in [-0.15, -0.1) is 0 Å². The Hall–Kier alpha value is -0.520. The Labute approximate surface area is 100 Å². The van der Waals surface area contributed by atoms with Gasteiger partial charge in [0.05, 0.1) is 11.7 Å². The number of nitrogens with one attached hydrogen (secondary N) is 1. The van der Waals surface area contributed by atoms with Crippen LogP contribution in [0.4, 0.5) is 0 Å². The van der Waals surface area contributed by atoms with Crippen LogP contribution in [0.15, 0.2) is 11.4 Å². The lowest BCUT2D eigenvalue weighted by Gasteiger charge is -2.18. The monoisotopic (exact) mass is 238 g/mol. The number of aryl methyl sites for hydroxylation is 1. The predicted octanol–water partition coefficient (Wildman–Crippen LogP) is 0.955. The molecule has 0 spiro atoms. The van der Waals surface area contributed by atoms with E-state index in [1.54, 1.807) is 0 Å². The largest absolute Gasteiger partial charge is 0.325 e. The zero-order chi connectivity index (χ0) is 11.0. The van der Waals surface area contributed by atoms with Crippen molar-refractivity contribution in [3.05, 3.63) is 11.9 Å². The molecule has 2 aliphatic heterocycles. The summed E-state index contributed by atoms with van der Waals surface area (Å²) in [4.78, 5) is 7.12. The standard InChI is InChI=1S/C11H18N4S/c1-14-4-2-3-12-9(7-14)10-8-15-5-6-16-11(15)13-10/h8-9,12H,2-7H2,1H3. The van der Waals surface area contributed by atoms with E-state index in [1.165, 1.54) is 29.6 Å². The van der Waals surface area contributed by atoms with E-state index in [4.69, 9.17) is 4.98 Å². The number of fused-ring (bicyclic) bond motifs is 1. The molecule has 1 atom stereocenters. The molecule has 0 aromatic carbocycles. The highest BCUT2D eigenvalue weighted by molar-refractivity contribution is 7.99. The van der Waals surface area contributed by atoms with Crippen molar-refractivity contribution in [2.75, 3.05) is 32.4 Å². The topological polar surface area (TPSA) is 33.1 Å². The van der Waals surface area contributed by atoms with E-state index in [0.29, 0.717) is 6.04 Å². The molecule has 1 fully saturated rings. The molecule has 5 heteroatoms. The number of hydrogen-bond donors (Lipinski definition) is 1. The second kappa shape index (κ2) is 4.39. The van der Waals surface area contributed by atoms with Crippen LogP contribution in [0, 0.1) is 0 Å². The summed E-state index contributed by atoms with van der Waals surface area (Å²) in [7, 11) is 2.19. The Morgan fingerprint density at radius 3 is 3.31 bits per heavy atom. The minimum atomic E-state index is 0.409. The molecule has 1 saturated heterocycles. The van der Waals surface area contributed by atoms with Crippen LogP contribution in [0.3, 0.4) is 0 Å². The molecule has 1 N–H and O–H groups in total. The Morgan fingerprint density at radius 2 is 2.44 bits per heavy atom. The number of imidazole rings is 1. The molecule has 2 aliphatic rings. The molecule has 1 aromatic rings. The average Bonchev–Trinajstić information content (AvgIpc) is 2.76. The molecule has 3 rings (SSSR count). The predicted molar refractivity (Wildman–Crippen MR) is 65.8 cm³/mol. The average molecular weight is 238 g/mol. The number of likely N-dealkylation sites (N-methyl/N-ethyl adjacent to an activating group) is 1. The fraction of sp³-hybridized carbons (Fsp3) is 0.727. The molecule has 88 valence electrons. The molecule has 3 heterocycles. The molecule has 0 radical (unpaired) electrons. The second-order valence-corrected chi connectivity index (χ2v) is 5.67. The number of thioether (sulfide) groups is 1. The minimum Gasteiger partial charge on any atom is -0.325 e. The van der Waals surface area contributed by atoms with Gasteiger partial charge in [-0.2, -0.15) is 0 Å². The molecular weight excluding hydrogens is 220 g/mol. The van der Waals surface area contributed by atoms with E-state index in [-0.39, 0.29) is 0 Å². The zero-order valence-electron chi connectivity index (χ0n) is 9.65. The summed E-state index contributed by atoms with van der Waals surface area (Å²) in [6.45, 7) is 4.48. The van der Waals surface area contributed by atoms with Gasteiger partial charge in [-0.25, -0.2) is 4.98 Å². The van der Waals surface area contributed by atoms with Crippen LogP contribution in [0.25, 0.3) is 0 Å². The molecule has 0 saturated carbocycles. The van der Waals surface area contributed by atoms with E-state index in [2.05, 4.69) is 28.0 Å². The first-order valence-electron chi connectivity index (χ1n) is 5.95. The van der Waals surface area contributed by atoms with Crippen LogP contribution < -0.4 is 5.32 Å². The fourth-order valence-electron chi connectivity index (χ4n) is 2.39. The third-order valence-corrected chi connectivity index (χ3v) is 4.25. The van der Waals surface area contributed by atoms with E-state index >= 15 is 0 Å². The SMILES string of the molecule is CN1CCCNC(c2cn3c(n2)SCC3)C1. The molecule has 1 aromatic heterocycles. The van der Waals surface area contributed by atoms with Gasteiger partial charge in [0.2, 0.25) is 0 Å². The number of hydrogen-bond acceptors (Lipinski definition) is 4. The van der Waals surface area contributed by atoms with Gasteiger partial charge in [-0.3, -0.25) is 0 Å². The lowest BCUT2D eigenvalue weighted by molar-refractivity contribution is 0.324. The summed E-state index contributed by atoms with van der Waals surface area (Å²) >= 11 is 1.87. The third kappa shape index (κ3) is 1.99. The Balaban J connectivity index is 1.79. The molecule has 0 amide bonds. The van der Waals surface area contributed by atoms with Crippen molar-refractivity contribution in [1.29, 1.82) is 0 Å². The number of rotatable bonds is 1. The van der Waals surface area contributed by atoms with Crippen LogP contribution >= 0.6 is 11.8 Å². The van der Waals surface area contributed by atoms with Crippen molar-refractivity contribution in [2.24, 2.45) is 0 Å². The summed E-state index contributed by atoms with van der Waals surface area (Å²) in [5.74, 6) is 1.18. The summed E-state index contributed by atoms with van der Waals surface area (Å²) < 4.78 is 2.28. The molecule has 0 aliphatic carbocycles. The van der Waals surface area contributed by atoms with Gasteiger partial charge in [-0.05, 0) is 26.6 Å². The summed E-state index contributed by atoms with van der Waals surface area (Å²) in [5, 5.41) is 4.79. The van der Waals surface area contributed by atoms with Crippen molar-refractivity contribution in [3.8, 4) is 0 Å². The number of nitrogens with zero attached hydrogens (tertiary/aromatic N) is 3. The van der Waals surface area contributed by atoms with Crippen molar-refractivity contribution in [1.82, 2.24) is 19.8 Å². The van der Waals surface area contributed by atoms with E-state index < -0.39 is 0 Å². The van der Waals surface area contributed by atoms with Crippen molar-refractivity contribution < 1.29 is 0 Å². The lowest BCUT2D eigenvalue weighted by Crippen LogP contribution is -2.29. The van der Waals surface area contributed by atoms with E-state index in [1.807, 2.05) is 11.8 Å². The van der Waals surface area contributed by atoms with Crippen LogP contribution in [0.2, 0.25) is 0 Å². The summed E-state index contributed by atoms with van der Waals surface area (Å²) in [6, 6.07) is 0.409. The third-order valence-electron chi connectivity index (χ3n) is 3.28. The Morgan fingerprint density at radius 1 is 1.50 bits per heavy atom. The van der Waals surface area contributed by atoms with Gasteiger partial charge >= 0.3 is 0 Å². The smallest absolute Gasteiger partial charge is 0.168 e. The highest BCUT2D eigenvalue weighted by Gasteiger charge is 2.22. The molecule has 16 heavy (non-hydrogen) atoms. The quantitative estimate of drug-likeness (QED) is 0.790. The van der Waals surface area contributed by atoms with Crippen molar-refractivity contribution >= 4 is 11.8 Å². The normalized spacial score (nSPS) is 26.7. The van der Waals surface area contributed by atoms with E-state index in [0.717, 1.165) is 19.6 Å². The van der Waals surface area contributed by atoms with Gasteiger partial charge in [0.25, 0.3) is 0 Å². The van der Waals surface area contributed by atoms with Gasteiger partial charge < -0.3 is 14.8 Å². The first-order valence-corrected chi connectivity index (χ1v) is 6.93. The molecule has 4 nitrogen and oxygen atoms in total. The number of aromatic nitrogens is 2. The van der Waals surface area contributed by atoms with Crippen molar-refractivity contribution in [3.63, 3.8) is 0 Å². The zero-order valence-corrected chi connectivity index (χ0v) is 10.5. The molecular formula is C11H18N4S. The van der Waals surface area contributed by atoms with Gasteiger partial charge in [0, 0.05) is 25.0 Å². The van der Waals surface area contributed by atoms with Gasteiger partial charge in [-0.1, -0.05) is 11.8 Å². The first-order chi connectivity index (χ1) is 7.83. The molecule has 0 bridgehead atoms. The van der Waals surface area contributed by atoms with Crippen LogP contribution in [-0.2, 0) is 6.54 Å². The maximum absolute atomic E-state index is 4.73. The minimum absolute atomic E-state index is 0.409. The van der Waals surface area contributed by atoms with Crippen LogP contribution in [0.1, 0.15) is 18.2 Å².